The zero-order valence-corrected chi connectivity index (χ0v) is 24.9. The van der Waals surface area contributed by atoms with Crippen molar-refractivity contribution in [3.63, 3.8) is 0 Å². The predicted molar refractivity (Wildman–Crippen MR) is 191 cm³/mol. The fourth-order valence-corrected chi connectivity index (χ4v) is 7.21. The van der Waals surface area contributed by atoms with Crippen LogP contribution in [0.15, 0.2) is 164 Å². The summed E-state index contributed by atoms with van der Waals surface area (Å²) in [5.41, 5.74) is 11.3. The summed E-state index contributed by atoms with van der Waals surface area (Å²) in [7, 11) is 0. The number of fused-ring (bicyclic) bond motifs is 6. The Morgan fingerprint density at radius 1 is 0.370 bits per heavy atom. The molecule has 0 bridgehead atoms. The zero-order valence-electron chi connectivity index (χ0n) is 24.9. The maximum absolute atomic E-state index is 10.7. The Hall–Kier alpha value is -6.37. The number of rotatable bonds is 4. The first kappa shape index (κ1) is 26.1. The van der Waals surface area contributed by atoms with Gasteiger partial charge in [-0.2, -0.15) is 5.26 Å². The Bertz CT molecular complexity index is 2540. The highest BCUT2D eigenvalue weighted by molar-refractivity contribution is 6.10. The van der Waals surface area contributed by atoms with Gasteiger partial charge >= 0.3 is 0 Å². The van der Waals surface area contributed by atoms with Crippen molar-refractivity contribution in [3.8, 4) is 39.7 Å². The Balaban J connectivity index is 1.20. The number of nitrogens with zero attached hydrogens (tertiary/aromatic N) is 3. The highest BCUT2D eigenvalue weighted by Gasteiger charge is 2.19. The van der Waals surface area contributed by atoms with Crippen LogP contribution in [-0.2, 0) is 0 Å². The van der Waals surface area contributed by atoms with Crippen LogP contribution >= 0.6 is 0 Å². The SMILES string of the molecule is N#Cc1c(-c2ccc(-n3c4ccccc4c4ccccc43)cc2)cccc1-c1ccccc1-n1c2ccccc2c2ccccc21. The van der Waals surface area contributed by atoms with Gasteiger partial charge in [0.25, 0.3) is 0 Å². The van der Waals surface area contributed by atoms with Crippen molar-refractivity contribution in [2.75, 3.05) is 0 Å². The van der Waals surface area contributed by atoms with Crippen molar-refractivity contribution in [1.29, 1.82) is 5.26 Å². The summed E-state index contributed by atoms with van der Waals surface area (Å²) in [6.45, 7) is 0. The smallest absolute Gasteiger partial charge is 0.100 e. The van der Waals surface area contributed by atoms with Crippen molar-refractivity contribution >= 4 is 43.6 Å². The number of nitriles is 1. The molecule has 0 aliphatic heterocycles. The van der Waals surface area contributed by atoms with Gasteiger partial charge in [0.05, 0.1) is 33.3 Å². The summed E-state index contributed by atoms with van der Waals surface area (Å²) >= 11 is 0. The van der Waals surface area contributed by atoms with E-state index in [0.717, 1.165) is 44.7 Å². The largest absolute Gasteiger partial charge is 0.309 e. The molecule has 0 amide bonds. The van der Waals surface area contributed by atoms with Gasteiger partial charge in [0.1, 0.15) is 6.07 Å². The average molecular weight is 586 g/mol. The molecule has 2 heterocycles. The fourth-order valence-electron chi connectivity index (χ4n) is 7.21. The summed E-state index contributed by atoms with van der Waals surface area (Å²) in [4.78, 5) is 0. The Morgan fingerprint density at radius 2 is 0.804 bits per heavy atom. The van der Waals surface area contributed by atoms with Crippen LogP contribution in [0.3, 0.4) is 0 Å². The molecule has 3 heteroatoms. The lowest BCUT2D eigenvalue weighted by molar-refractivity contribution is 1.18. The van der Waals surface area contributed by atoms with E-state index < -0.39 is 0 Å². The first-order valence-corrected chi connectivity index (χ1v) is 15.5. The monoisotopic (exact) mass is 585 g/mol. The van der Waals surface area contributed by atoms with Gasteiger partial charge in [-0.25, -0.2) is 0 Å². The molecule has 214 valence electrons. The quantitative estimate of drug-likeness (QED) is 0.202. The predicted octanol–water partition coefficient (Wildman–Crippen LogP) is 11.1. The maximum Gasteiger partial charge on any atom is 0.100 e. The number of hydrogen-bond donors (Lipinski definition) is 0. The second kappa shape index (κ2) is 10.4. The molecule has 0 radical (unpaired) electrons. The summed E-state index contributed by atoms with van der Waals surface area (Å²) < 4.78 is 4.65. The van der Waals surface area contributed by atoms with Crippen molar-refractivity contribution in [1.82, 2.24) is 9.13 Å². The lowest BCUT2D eigenvalue weighted by Gasteiger charge is -2.16. The van der Waals surface area contributed by atoms with Gasteiger partial charge < -0.3 is 9.13 Å². The van der Waals surface area contributed by atoms with Crippen LogP contribution in [0.2, 0.25) is 0 Å². The third-order valence-electron chi connectivity index (χ3n) is 9.21. The molecule has 0 aliphatic carbocycles. The van der Waals surface area contributed by atoms with Crippen LogP contribution in [-0.4, -0.2) is 9.13 Å². The van der Waals surface area contributed by atoms with Crippen molar-refractivity contribution in [2.45, 2.75) is 0 Å². The van der Waals surface area contributed by atoms with Crippen LogP contribution in [0.1, 0.15) is 5.56 Å². The molecule has 0 spiro atoms. The van der Waals surface area contributed by atoms with Gasteiger partial charge in [0, 0.05) is 43.9 Å². The molecular formula is C43H27N3. The van der Waals surface area contributed by atoms with Crippen molar-refractivity contribution in [2.24, 2.45) is 0 Å². The first-order valence-electron chi connectivity index (χ1n) is 15.5. The molecule has 0 saturated carbocycles. The molecule has 9 aromatic rings. The molecular weight excluding hydrogens is 558 g/mol. The highest BCUT2D eigenvalue weighted by atomic mass is 15.0. The maximum atomic E-state index is 10.7. The third-order valence-corrected chi connectivity index (χ3v) is 9.21. The number of benzene rings is 7. The molecule has 0 saturated heterocycles. The van der Waals surface area contributed by atoms with Gasteiger partial charge in [-0.3, -0.25) is 0 Å². The fraction of sp³-hybridized carbons (Fsp3) is 0. The summed E-state index contributed by atoms with van der Waals surface area (Å²) in [6, 6.07) is 60.0. The Labute approximate surface area is 266 Å². The normalized spacial score (nSPS) is 11.5. The van der Waals surface area contributed by atoms with E-state index in [1.807, 2.05) is 0 Å². The van der Waals surface area contributed by atoms with Crippen LogP contribution < -0.4 is 0 Å². The third kappa shape index (κ3) is 3.84. The minimum absolute atomic E-state index is 0.667. The van der Waals surface area contributed by atoms with Crippen LogP contribution in [0.5, 0.6) is 0 Å². The molecule has 0 unspecified atom stereocenters. The second-order valence-electron chi connectivity index (χ2n) is 11.6. The van der Waals surface area contributed by atoms with Gasteiger partial charge in [0.2, 0.25) is 0 Å². The minimum Gasteiger partial charge on any atom is -0.309 e. The Morgan fingerprint density at radius 3 is 1.35 bits per heavy atom. The molecule has 46 heavy (non-hydrogen) atoms. The second-order valence-corrected chi connectivity index (χ2v) is 11.6. The van der Waals surface area contributed by atoms with Crippen LogP contribution in [0.4, 0.5) is 0 Å². The van der Waals surface area contributed by atoms with E-state index in [4.69, 9.17) is 0 Å². The standard InChI is InChI=1S/C43H27N3/c44-28-38-31(29-24-26-30(27-25-29)45-39-19-6-2-13-34(39)35-14-3-7-20-40(35)45)17-11-18-32(38)33-12-1-8-21-41(33)46-42-22-9-4-15-36(42)37-16-5-10-23-43(37)46/h1-27H. The van der Waals surface area contributed by atoms with Crippen molar-refractivity contribution < 1.29 is 0 Å². The molecule has 2 aromatic heterocycles. The van der Waals surface area contributed by atoms with E-state index in [0.29, 0.717) is 5.56 Å². The van der Waals surface area contributed by atoms with Crippen LogP contribution in [0, 0.1) is 11.3 Å². The van der Waals surface area contributed by atoms with E-state index in [1.54, 1.807) is 0 Å². The van der Waals surface area contributed by atoms with Gasteiger partial charge in [0.15, 0.2) is 0 Å². The molecule has 0 aliphatic rings. The molecule has 0 N–H and O–H groups in total. The van der Waals surface area contributed by atoms with Gasteiger partial charge in [-0.15, -0.1) is 0 Å². The summed E-state index contributed by atoms with van der Waals surface area (Å²) in [5, 5.41) is 15.6. The van der Waals surface area contributed by atoms with E-state index in [2.05, 4.69) is 179 Å². The Kier molecular flexibility index (Phi) is 5.88. The lowest BCUT2D eigenvalue weighted by Crippen LogP contribution is -1.99. The van der Waals surface area contributed by atoms with Crippen LogP contribution in [0.25, 0.3) is 77.2 Å². The molecule has 3 nitrogen and oxygen atoms in total. The number of hydrogen-bond acceptors (Lipinski definition) is 1. The molecule has 0 atom stereocenters. The van der Waals surface area contributed by atoms with E-state index in [9.17, 15) is 5.26 Å². The van der Waals surface area contributed by atoms with Gasteiger partial charge in [-0.1, -0.05) is 121 Å². The molecule has 9 rings (SSSR count). The highest BCUT2D eigenvalue weighted by Crippen LogP contribution is 2.39. The first-order chi connectivity index (χ1) is 22.8. The number of aromatic nitrogens is 2. The average Bonchev–Trinajstić information content (AvgIpc) is 3.64. The summed E-state index contributed by atoms with van der Waals surface area (Å²) in [5.74, 6) is 0. The zero-order chi connectivity index (χ0) is 30.6. The van der Waals surface area contributed by atoms with Crippen molar-refractivity contribution in [3.05, 3.63) is 169 Å². The number of para-hydroxylation sites is 5. The van der Waals surface area contributed by atoms with Gasteiger partial charge in [-0.05, 0) is 48.0 Å². The minimum atomic E-state index is 0.667. The topological polar surface area (TPSA) is 33.6 Å². The van der Waals surface area contributed by atoms with E-state index in [-0.39, 0.29) is 0 Å². The summed E-state index contributed by atoms with van der Waals surface area (Å²) in [6.07, 6.45) is 0. The van der Waals surface area contributed by atoms with E-state index >= 15 is 0 Å². The molecule has 0 fully saturated rings. The molecule has 7 aromatic carbocycles. The lowest BCUT2D eigenvalue weighted by atomic mass is 9.91. The van der Waals surface area contributed by atoms with E-state index in [1.165, 1.54) is 32.6 Å².